The molecule has 36 heavy (non-hydrogen) atoms. The molecule has 9 heteroatoms. The second-order valence-electron chi connectivity index (χ2n) is 8.85. The highest BCUT2D eigenvalue weighted by Gasteiger charge is 2.42. The van der Waals surface area contributed by atoms with Crippen LogP contribution < -0.4 is 0 Å². The Morgan fingerprint density at radius 3 is 2.58 bits per heavy atom. The molecule has 1 amide bonds. The summed E-state index contributed by atoms with van der Waals surface area (Å²) in [7, 11) is 0. The topological polar surface area (TPSA) is 60.5 Å². The number of fused-ring (bicyclic) bond motifs is 1. The number of carbonyl (C=O) groups is 1. The zero-order valence-corrected chi connectivity index (χ0v) is 19.8. The van der Waals surface area contributed by atoms with Gasteiger partial charge in [0.05, 0.1) is 41.0 Å². The first-order valence-corrected chi connectivity index (χ1v) is 11.9. The molecule has 0 spiro atoms. The minimum atomic E-state index is -4.60. The summed E-state index contributed by atoms with van der Waals surface area (Å²) in [5, 5.41) is 9.36. The summed E-state index contributed by atoms with van der Waals surface area (Å²) in [6.45, 7) is 0.939. The molecular weight excluding hydrogens is 491 g/mol. The Labute approximate surface area is 211 Å². The largest absolute Gasteiger partial charge is 0.472 e. The van der Waals surface area contributed by atoms with Crippen molar-refractivity contribution in [2.24, 2.45) is 0 Å². The molecule has 3 aliphatic heterocycles. The van der Waals surface area contributed by atoms with Crippen LogP contribution in [0, 0.1) is 11.3 Å². The summed E-state index contributed by atoms with van der Waals surface area (Å²) in [4.78, 5) is 16.3. The number of hydrogen-bond donors (Lipinski definition) is 0. The Bertz CT molecular complexity index is 1360. The number of benzene rings is 1. The molecule has 1 aromatic heterocycles. The summed E-state index contributed by atoms with van der Waals surface area (Å²) in [5.41, 5.74) is 1.69. The molecule has 0 unspecified atom stereocenters. The first-order valence-electron chi connectivity index (χ1n) is 11.5. The average Bonchev–Trinajstić information content (AvgIpc) is 3.43. The van der Waals surface area contributed by atoms with Gasteiger partial charge in [0.2, 0.25) is 0 Å². The van der Waals surface area contributed by atoms with Crippen molar-refractivity contribution in [1.82, 2.24) is 9.80 Å². The van der Waals surface area contributed by atoms with E-state index in [1.807, 2.05) is 18.2 Å². The molecule has 2 aromatic rings. The van der Waals surface area contributed by atoms with Crippen LogP contribution >= 0.6 is 11.6 Å². The number of halogens is 4. The smallest absolute Gasteiger partial charge is 0.418 e. The maximum Gasteiger partial charge on any atom is 0.418 e. The van der Waals surface area contributed by atoms with Crippen LogP contribution in [0.3, 0.4) is 0 Å². The van der Waals surface area contributed by atoms with E-state index < -0.39 is 11.7 Å². The predicted molar refractivity (Wildman–Crippen MR) is 128 cm³/mol. The third-order valence-corrected chi connectivity index (χ3v) is 7.20. The molecule has 3 aliphatic rings. The van der Waals surface area contributed by atoms with Crippen LogP contribution in [-0.2, 0) is 4.79 Å². The SMILES string of the molecule is N#Cc1ccccc1C1CCN(C(=O)C2=C(Cl)N3C=C(c4ccoc4)C=C(C(F)(F)F)C3=CC2)CC1. The van der Waals surface area contributed by atoms with Crippen LogP contribution in [0.4, 0.5) is 13.2 Å². The second-order valence-corrected chi connectivity index (χ2v) is 9.21. The Balaban J connectivity index is 1.38. The zero-order valence-electron chi connectivity index (χ0n) is 19.1. The van der Waals surface area contributed by atoms with Crippen molar-refractivity contribution in [2.75, 3.05) is 13.1 Å². The molecule has 0 aliphatic carbocycles. The number of alkyl halides is 3. The highest BCUT2D eigenvalue weighted by Crippen LogP contribution is 2.44. The van der Waals surface area contributed by atoms with E-state index in [1.54, 1.807) is 17.0 Å². The van der Waals surface area contributed by atoms with E-state index in [0.29, 0.717) is 37.1 Å². The van der Waals surface area contributed by atoms with Gasteiger partial charge in [0.1, 0.15) is 5.16 Å². The number of nitriles is 1. The zero-order chi connectivity index (χ0) is 25.4. The van der Waals surface area contributed by atoms with E-state index in [0.717, 1.165) is 11.6 Å². The van der Waals surface area contributed by atoms with Crippen LogP contribution in [0.1, 0.15) is 41.9 Å². The molecule has 1 saturated heterocycles. The van der Waals surface area contributed by atoms with Crippen molar-refractivity contribution in [2.45, 2.75) is 31.4 Å². The number of nitrogens with zero attached hydrogens (tertiary/aromatic N) is 3. The van der Waals surface area contributed by atoms with Crippen molar-refractivity contribution in [3.8, 4) is 6.07 Å². The minimum absolute atomic E-state index is 0.00297. The molecule has 0 bridgehead atoms. The highest BCUT2D eigenvalue weighted by molar-refractivity contribution is 6.32. The molecule has 1 fully saturated rings. The van der Waals surface area contributed by atoms with E-state index in [4.69, 9.17) is 16.0 Å². The van der Waals surface area contributed by atoms with Crippen molar-refractivity contribution >= 4 is 23.1 Å². The van der Waals surface area contributed by atoms with E-state index in [1.165, 1.54) is 29.7 Å². The van der Waals surface area contributed by atoms with Crippen molar-refractivity contribution in [3.05, 3.63) is 99.9 Å². The Morgan fingerprint density at radius 1 is 1.17 bits per heavy atom. The van der Waals surface area contributed by atoms with Gasteiger partial charge in [0.15, 0.2) is 0 Å². The van der Waals surface area contributed by atoms with Gasteiger partial charge in [-0.1, -0.05) is 35.9 Å². The van der Waals surface area contributed by atoms with Gasteiger partial charge in [0.25, 0.3) is 5.91 Å². The van der Waals surface area contributed by atoms with Gasteiger partial charge in [-0.2, -0.15) is 18.4 Å². The molecule has 0 saturated carbocycles. The van der Waals surface area contributed by atoms with Gasteiger partial charge < -0.3 is 14.2 Å². The van der Waals surface area contributed by atoms with Crippen molar-refractivity contribution in [3.63, 3.8) is 0 Å². The number of piperidine rings is 1. The summed E-state index contributed by atoms with van der Waals surface area (Å²) in [5.74, 6) is -0.127. The summed E-state index contributed by atoms with van der Waals surface area (Å²) < 4.78 is 46.7. The van der Waals surface area contributed by atoms with Crippen LogP contribution in [-0.4, -0.2) is 35.0 Å². The lowest BCUT2D eigenvalue weighted by molar-refractivity contribution is -0.128. The lowest BCUT2D eigenvalue weighted by Crippen LogP contribution is -2.40. The number of likely N-dealkylation sites (tertiary alicyclic amines) is 1. The number of allylic oxidation sites excluding steroid dienone is 4. The number of furan rings is 1. The number of hydrogen-bond acceptors (Lipinski definition) is 4. The normalized spacial score (nSPS) is 18.8. The Hall–Kier alpha value is -3.70. The summed E-state index contributed by atoms with van der Waals surface area (Å²) in [6, 6.07) is 11.2. The van der Waals surface area contributed by atoms with Crippen LogP contribution in [0.5, 0.6) is 0 Å². The van der Waals surface area contributed by atoms with Gasteiger partial charge >= 0.3 is 6.18 Å². The third-order valence-electron chi connectivity index (χ3n) is 6.78. The molecule has 184 valence electrons. The van der Waals surface area contributed by atoms with Crippen molar-refractivity contribution < 1.29 is 22.4 Å². The quantitative estimate of drug-likeness (QED) is 0.445. The van der Waals surface area contributed by atoms with E-state index in [-0.39, 0.29) is 40.2 Å². The number of rotatable bonds is 3. The van der Waals surface area contributed by atoms with E-state index in [2.05, 4.69) is 6.07 Å². The molecular formula is C27H21ClF3N3O2. The summed E-state index contributed by atoms with van der Waals surface area (Å²) >= 11 is 6.60. The maximum absolute atomic E-state index is 13.9. The minimum Gasteiger partial charge on any atom is -0.472 e. The standard InChI is InChI=1S/C27H21ClF3N3O2/c28-25-22(26(35)33-10-7-17(8-11-33)21-4-2-1-3-18(21)14-32)5-6-24-23(27(29,30)31)13-20(15-34(24)25)19-9-12-36-16-19/h1-4,6,9,12-13,15-17H,5,7-8,10-11H2. The Morgan fingerprint density at radius 2 is 1.92 bits per heavy atom. The fourth-order valence-electron chi connectivity index (χ4n) is 4.93. The molecule has 4 heterocycles. The number of amides is 1. The van der Waals surface area contributed by atoms with Gasteiger partial charge in [-0.15, -0.1) is 0 Å². The van der Waals surface area contributed by atoms with Gasteiger partial charge in [-0.25, -0.2) is 0 Å². The molecule has 1 aromatic carbocycles. The Kier molecular flexibility index (Phi) is 6.27. The fourth-order valence-corrected chi connectivity index (χ4v) is 5.23. The molecule has 0 atom stereocenters. The average molecular weight is 512 g/mol. The molecule has 0 radical (unpaired) electrons. The van der Waals surface area contributed by atoms with Crippen LogP contribution in [0.25, 0.3) is 5.57 Å². The van der Waals surface area contributed by atoms with Gasteiger partial charge in [-0.05, 0) is 42.5 Å². The lowest BCUT2D eigenvalue weighted by Gasteiger charge is -2.37. The first-order chi connectivity index (χ1) is 17.3. The fraction of sp³-hybridized carbons (Fsp3) is 0.259. The van der Waals surface area contributed by atoms with Crippen molar-refractivity contribution in [1.29, 1.82) is 5.26 Å². The first kappa shape index (κ1) is 24.0. The van der Waals surface area contributed by atoms with Gasteiger partial charge in [-0.3, -0.25) is 4.79 Å². The molecule has 0 N–H and O–H groups in total. The third kappa shape index (κ3) is 4.35. The highest BCUT2D eigenvalue weighted by atomic mass is 35.5. The second kappa shape index (κ2) is 9.40. The van der Waals surface area contributed by atoms with Crippen LogP contribution in [0.2, 0.25) is 0 Å². The van der Waals surface area contributed by atoms with Crippen LogP contribution in [0.15, 0.2) is 87.6 Å². The molecule has 5 rings (SSSR count). The van der Waals surface area contributed by atoms with Gasteiger partial charge in [0, 0.05) is 36.8 Å². The molecule has 5 nitrogen and oxygen atoms in total. The maximum atomic E-state index is 13.9. The predicted octanol–water partition coefficient (Wildman–Crippen LogP) is 6.44. The lowest BCUT2D eigenvalue weighted by atomic mass is 9.86. The van der Waals surface area contributed by atoms with E-state index >= 15 is 0 Å². The van der Waals surface area contributed by atoms with E-state index in [9.17, 15) is 23.2 Å². The summed E-state index contributed by atoms with van der Waals surface area (Å²) in [6.07, 6.45) is 3.46. The monoisotopic (exact) mass is 511 g/mol. The number of carbonyl (C=O) groups excluding carboxylic acids is 1.